The molecule has 0 atom stereocenters. The number of benzene rings is 2. The molecule has 0 aliphatic rings. The molecular weight excluding hydrogens is 303 g/mol. The molecule has 1 heterocycles. The molecular formula is C17H17Cl2N2+. The van der Waals surface area contributed by atoms with Crippen LogP contribution in [0.25, 0.3) is 16.5 Å². The van der Waals surface area contributed by atoms with Crippen molar-refractivity contribution in [3.05, 3.63) is 58.6 Å². The molecule has 0 unspecified atom stereocenters. The van der Waals surface area contributed by atoms with Gasteiger partial charge in [0, 0.05) is 5.39 Å². The van der Waals surface area contributed by atoms with Gasteiger partial charge < -0.3 is 0 Å². The molecule has 0 saturated carbocycles. The van der Waals surface area contributed by atoms with Gasteiger partial charge in [-0.05, 0) is 47.5 Å². The second-order valence-corrected chi connectivity index (χ2v) is 5.72. The Morgan fingerprint density at radius 1 is 1.05 bits per heavy atom. The van der Waals surface area contributed by atoms with Crippen molar-refractivity contribution in [1.29, 1.82) is 0 Å². The van der Waals surface area contributed by atoms with E-state index in [0.29, 0.717) is 10.3 Å². The summed E-state index contributed by atoms with van der Waals surface area (Å²) in [5.74, 6) is 0. The van der Waals surface area contributed by atoms with Gasteiger partial charge in [0.05, 0.1) is 6.54 Å². The second-order valence-electron chi connectivity index (χ2n) is 5.00. The smallest absolute Gasteiger partial charge is 0.219 e. The van der Waals surface area contributed by atoms with Crippen LogP contribution in [0.4, 0.5) is 0 Å². The third-order valence-electron chi connectivity index (χ3n) is 3.84. The van der Waals surface area contributed by atoms with E-state index >= 15 is 0 Å². The highest BCUT2D eigenvalue weighted by atomic mass is 35.5. The summed E-state index contributed by atoms with van der Waals surface area (Å²) in [5.41, 5.74) is 2.38. The number of nitrogens with zero attached hydrogens (tertiary/aromatic N) is 2. The van der Waals surface area contributed by atoms with Crippen LogP contribution in [0.15, 0.2) is 42.7 Å². The number of rotatable bonds is 3. The summed E-state index contributed by atoms with van der Waals surface area (Å²) in [6.07, 6.45) is 2.92. The maximum absolute atomic E-state index is 6.47. The highest BCUT2D eigenvalue weighted by Gasteiger charge is 2.23. The normalized spacial score (nSPS) is 11.2. The van der Waals surface area contributed by atoms with Crippen LogP contribution in [0.5, 0.6) is 0 Å². The van der Waals surface area contributed by atoms with Gasteiger partial charge in [0.25, 0.3) is 16.6 Å². The molecule has 0 radical (unpaired) electrons. The van der Waals surface area contributed by atoms with Gasteiger partial charge in [-0.3, -0.25) is 0 Å². The molecule has 3 aromatic rings. The fraction of sp³-hybridized carbons (Fsp3) is 0.235. The monoisotopic (exact) mass is 319 g/mol. The highest BCUT2D eigenvalue weighted by molar-refractivity contribution is 6.40. The first-order chi connectivity index (χ1) is 10.2. The molecule has 0 bridgehead atoms. The van der Waals surface area contributed by atoms with E-state index < -0.39 is 0 Å². The molecule has 0 N–H and O–H groups in total. The quantitative estimate of drug-likeness (QED) is 0.613. The van der Waals surface area contributed by atoms with Gasteiger partial charge in [0.2, 0.25) is 0 Å². The number of aryl methyl sites for hydroxylation is 2. The zero-order valence-electron chi connectivity index (χ0n) is 12.1. The number of hydrogen-bond donors (Lipinski definition) is 0. The van der Waals surface area contributed by atoms with E-state index in [0.717, 1.165) is 18.7 Å². The van der Waals surface area contributed by atoms with Gasteiger partial charge in [-0.2, -0.15) is 4.57 Å². The molecule has 0 aliphatic carbocycles. The van der Waals surface area contributed by atoms with Gasteiger partial charge >= 0.3 is 0 Å². The second kappa shape index (κ2) is 5.70. The van der Waals surface area contributed by atoms with Crippen LogP contribution < -0.4 is 4.57 Å². The fourth-order valence-electron chi connectivity index (χ4n) is 2.71. The van der Waals surface area contributed by atoms with Gasteiger partial charge in [-0.15, -0.1) is 0 Å². The van der Waals surface area contributed by atoms with E-state index in [1.807, 2.05) is 21.5 Å². The summed E-state index contributed by atoms with van der Waals surface area (Å²) in [6.45, 7) is 4.99. The molecule has 1 aromatic heterocycles. The number of fused-ring (bicyclic) bond motifs is 1. The predicted molar refractivity (Wildman–Crippen MR) is 88.5 cm³/mol. The van der Waals surface area contributed by atoms with Crippen molar-refractivity contribution in [3.63, 3.8) is 0 Å². The zero-order valence-corrected chi connectivity index (χ0v) is 13.6. The van der Waals surface area contributed by atoms with Gasteiger partial charge in [0.1, 0.15) is 5.69 Å². The lowest BCUT2D eigenvalue weighted by molar-refractivity contribution is -0.690. The van der Waals surface area contributed by atoms with Gasteiger partial charge in [-0.25, -0.2) is 4.57 Å². The Morgan fingerprint density at radius 2 is 1.81 bits per heavy atom. The van der Waals surface area contributed by atoms with Crippen molar-refractivity contribution in [2.75, 3.05) is 0 Å². The first-order valence-corrected chi connectivity index (χ1v) is 7.89. The van der Waals surface area contributed by atoms with E-state index in [1.165, 1.54) is 16.3 Å². The molecule has 0 amide bonds. The lowest BCUT2D eigenvalue weighted by Crippen LogP contribution is -2.30. The fourth-order valence-corrected chi connectivity index (χ4v) is 3.20. The molecule has 0 spiro atoms. The molecule has 3 rings (SSSR count). The summed E-state index contributed by atoms with van der Waals surface area (Å²) < 4.78 is 3.94. The topological polar surface area (TPSA) is 8.81 Å². The Morgan fingerprint density at radius 3 is 2.48 bits per heavy atom. The molecule has 0 saturated heterocycles. The van der Waals surface area contributed by atoms with Crippen molar-refractivity contribution >= 4 is 34.0 Å². The number of halogens is 2. The van der Waals surface area contributed by atoms with Crippen LogP contribution in [0.3, 0.4) is 0 Å². The molecule has 21 heavy (non-hydrogen) atoms. The molecule has 0 aliphatic heterocycles. The van der Waals surface area contributed by atoms with Gasteiger partial charge in [-0.1, -0.05) is 43.3 Å². The lowest BCUT2D eigenvalue weighted by atomic mass is 10.0. The maximum Gasteiger partial charge on any atom is 0.260 e. The van der Waals surface area contributed by atoms with Crippen LogP contribution >= 0.6 is 23.2 Å². The number of hydrogen-bond acceptors (Lipinski definition) is 0. The maximum atomic E-state index is 6.47. The Kier molecular flexibility index (Phi) is 3.92. The number of imidazole rings is 1. The van der Waals surface area contributed by atoms with Crippen molar-refractivity contribution in [1.82, 2.24) is 4.57 Å². The lowest BCUT2D eigenvalue weighted by Gasteiger charge is -2.08. The Bertz CT molecular complexity index is 806. The predicted octanol–water partition coefficient (Wildman–Crippen LogP) is 4.81. The van der Waals surface area contributed by atoms with E-state index in [1.54, 1.807) is 0 Å². The summed E-state index contributed by atoms with van der Waals surface area (Å²) >= 11 is 12.8. The molecule has 4 heteroatoms. The van der Waals surface area contributed by atoms with E-state index in [4.69, 9.17) is 23.2 Å². The SMILES string of the molecule is CCc1ccc2ccccc2c1-n1c[n+](CC)c(Cl)c1Cl. The first-order valence-electron chi connectivity index (χ1n) is 7.14. The van der Waals surface area contributed by atoms with E-state index in [2.05, 4.69) is 44.2 Å². The van der Waals surface area contributed by atoms with Gasteiger partial charge in [0.15, 0.2) is 0 Å². The highest BCUT2D eigenvalue weighted by Crippen LogP contribution is 2.31. The third kappa shape index (κ3) is 2.33. The average Bonchev–Trinajstić information content (AvgIpc) is 2.81. The van der Waals surface area contributed by atoms with Crippen molar-refractivity contribution in [2.24, 2.45) is 0 Å². The molecule has 0 fully saturated rings. The van der Waals surface area contributed by atoms with Crippen LogP contribution in [-0.2, 0) is 13.0 Å². The summed E-state index contributed by atoms with van der Waals surface area (Å²) in [7, 11) is 0. The van der Waals surface area contributed by atoms with Crippen molar-refractivity contribution < 1.29 is 4.57 Å². The van der Waals surface area contributed by atoms with E-state index in [-0.39, 0.29) is 0 Å². The number of aromatic nitrogens is 2. The molecule has 2 aromatic carbocycles. The molecule has 2 nitrogen and oxygen atoms in total. The summed E-state index contributed by atoms with van der Waals surface area (Å²) in [6, 6.07) is 12.7. The van der Waals surface area contributed by atoms with E-state index in [9.17, 15) is 0 Å². The zero-order chi connectivity index (χ0) is 15.0. The van der Waals surface area contributed by atoms with Crippen molar-refractivity contribution in [2.45, 2.75) is 26.8 Å². The van der Waals surface area contributed by atoms with Crippen LogP contribution in [0.1, 0.15) is 19.4 Å². The first kappa shape index (κ1) is 14.4. The Hall–Kier alpha value is -1.51. The Balaban J connectivity index is 2.38. The standard InChI is InChI=1S/C17H17Cl2N2/c1-3-12-9-10-13-7-5-6-8-14(13)15(12)21-11-20(4-2)16(18)17(21)19/h5-11H,3-4H2,1-2H3/q+1. The minimum Gasteiger partial charge on any atom is -0.219 e. The van der Waals surface area contributed by atoms with Crippen LogP contribution in [0.2, 0.25) is 10.3 Å². The Labute approximate surface area is 134 Å². The summed E-state index contributed by atoms with van der Waals surface area (Å²) in [5, 5.41) is 3.53. The third-order valence-corrected chi connectivity index (χ3v) is 4.69. The largest absolute Gasteiger partial charge is 0.260 e. The minimum absolute atomic E-state index is 0.560. The molecule has 108 valence electrons. The summed E-state index contributed by atoms with van der Waals surface area (Å²) in [4.78, 5) is 0. The van der Waals surface area contributed by atoms with Crippen molar-refractivity contribution in [3.8, 4) is 5.69 Å². The minimum atomic E-state index is 0.560. The van der Waals surface area contributed by atoms with Crippen LogP contribution in [-0.4, -0.2) is 4.57 Å². The van der Waals surface area contributed by atoms with Crippen LogP contribution in [0, 0.1) is 0 Å². The average molecular weight is 320 g/mol.